The lowest BCUT2D eigenvalue weighted by Crippen LogP contribution is -2.56. The van der Waals surface area contributed by atoms with E-state index >= 15 is 0 Å². The first kappa shape index (κ1) is 17.5. The number of nitrogens with one attached hydrogen (secondary N) is 1. The summed E-state index contributed by atoms with van der Waals surface area (Å²) in [6.45, 7) is 0.169. The highest BCUT2D eigenvalue weighted by Gasteiger charge is 2.38. The van der Waals surface area contributed by atoms with Crippen molar-refractivity contribution in [2.45, 2.75) is 17.3 Å². The van der Waals surface area contributed by atoms with Crippen LogP contribution in [-0.4, -0.2) is 55.8 Å². The second kappa shape index (κ2) is 6.34. The Kier molecular flexibility index (Phi) is 4.82. The molecule has 2 rings (SSSR count). The minimum Gasteiger partial charge on any atom is -0.480 e. The molecule has 1 atom stereocenters. The number of rotatable bonds is 4. The van der Waals surface area contributed by atoms with Crippen LogP contribution in [0.15, 0.2) is 29.2 Å². The van der Waals surface area contributed by atoms with Crippen LogP contribution in [0.3, 0.4) is 0 Å². The molecule has 7 nitrogen and oxygen atoms in total. The summed E-state index contributed by atoms with van der Waals surface area (Å²) in [6.07, 6.45) is -4.88. The molecule has 1 aliphatic rings. The summed E-state index contributed by atoms with van der Waals surface area (Å²) in [7, 11) is -4.14. The van der Waals surface area contributed by atoms with Gasteiger partial charge in [0.15, 0.2) is 0 Å². The SMILES string of the molecule is O=C(O)[C@H]1CNCCN1S(=O)(=O)c1ccc(OC(F)(F)F)cc1. The number of halogens is 3. The zero-order valence-corrected chi connectivity index (χ0v) is 12.4. The van der Waals surface area contributed by atoms with Crippen molar-refractivity contribution in [2.75, 3.05) is 19.6 Å². The normalized spacial score (nSPS) is 20.2. The fourth-order valence-corrected chi connectivity index (χ4v) is 3.71. The molecular weight excluding hydrogens is 341 g/mol. The highest BCUT2D eigenvalue weighted by molar-refractivity contribution is 7.89. The van der Waals surface area contributed by atoms with Gasteiger partial charge in [0.25, 0.3) is 0 Å². The van der Waals surface area contributed by atoms with Crippen LogP contribution in [0.4, 0.5) is 13.2 Å². The van der Waals surface area contributed by atoms with E-state index in [4.69, 9.17) is 5.11 Å². The number of carboxylic acids is 1. The van der Waals surface area contributed by atoms with Gasteiger partial charge in [0.05, 0.1) is 4.90 Å². The summed E-state index contributed by atoms with van der Waals surface area (Å²) in [6, 6.07) is 2.32. The number of piperazine rings is 1. The van der Waals surface area contributed by atoms with E-state index in [0.29, 0.717) is 0 Å². The number of benzene rings is 1. The zero-order valence-electron chi connectivity index (χ0n) is 11.6. The van der Waals surface area contributed by atoms with Crippen molar-refractivity contribution in [2.24, 2.45) is 0 Å². The quantitative estimate of drug-likeness (QED) is 0.824. The van der Waals surface area contributed by atoms with Gasteiger partial charge in [-0.2, -0.15) is 4.31 Å². The number of sulfonamides is 1. The third-order valence-corrected chi connectivity index (χ3v) is 5.07. The standard InChI is InChI=1S/C12H13F3N2O5S/c13-12(14,15)22-8-1-3-9(4-2-8)23(20,21)17-6-5-16-7-10(17)11(18)19/h1-4,10,16H,5-7H2,(H,18,19)/t10-/m1/s1. The van der Waals surface area contributed by atoms with Crippen LogP contribution in [-0.2, 0) is 14.8 Å². The van der Waals surface area contributed by atoms with E-state index in [0.717, 1.165) is 28.6 Å². The predicted octanol–water partition coefficient (Wildman–Crippen LogP) is 0.632. The van der Waals surface area contributed by atoms with Gasteiger partial charge in [0.1, 0.15) is 11.8 Å². The number of hydrogen-bond acceptors (Lipinski definition) is 5. The molecule has 1 aliphatic heterocycles. The molecule has 0 amide bonds. The van der Waals surface area contributed by atoms with Crippen LogP contribution >= 0.6 is 0 Å². The van der Waals surface area contributed by atoms with E-state index in [-0.39, 0.29) is 24.5 Å². The van der Waals surface area contributed by atoms with Crippen LogP contribution in [0.25, 0.3) is 0 Å². The summed E-state index contributed by atoms with van der Waals surface area (Å²) >= 11 is 0. The maximum atomic E-state index is 12.5. The monoisotopic (exact) mass is 354 g/mol. The van der Waals surface area contributed by atoms with Gasteiger partial charge >= 0.3 is 12.3 Å². The Morgan fingerprint density at radius 3 is 2.43 bits per heavy atom. The average molecular weight is 354 g/mol. The van der Waals surface area contributed by atoms with Crippen molar-refractivity contribution in [3.05, 3.63) is 24.3 Å². The lowest BCUT2D eigenvalue weighted by atomic mass is 10.2. The van der Waals surface area contributed by atoms with Crippen molar-refractivity contribution in [1.29, 1.82) is 0 Å². The molecule has 1 fully saturated rings. The van der Waals surface area contributed by atoms with E-state index < -0.39 is 34.1 Å². The molecule has 0 aliphatic carbocycles. The third-order valence-electron chi connectivity index (χ3n) is 3.14. The fraction of sp³-hybridized carbons (Fsp3) is 0.417. The molecule has 2 N–H and O–H groups in total. The summed E-state index contributed by atoms with van der Waals surface area (Å²) in [5, 5.41) is 11.9. The molecule has 1 aromatic carbocycles. The number of carboxylic acid groups (broad SMARTS) is 1. The van der Waals surface area contributed by atoms with Crippen LogP contribution < -0.4 is 10.1 Å². The molecule has 0 unspecified atom stereocenters. The highest BCUT2D eigenvalue weighted by Crippen LogP contribution is 2.26. The van der Waals surface area contributed by atoms with Gasteiger partial charge in [-0.3, -0.25) is 4.79 Å². The van der Waals surface area contributed by atoms with Crippen LogP contribution in [0.2, 0.25) is 0 Å². The summed E-state index contributed by atoms with van der Waals surface area (Å²) < 4.78 is 65.7. The number of hydrogen-bond donors (Lipinski definition) is 2. The molecule has 1 saturated heterocycles. The molecule has 23 heavy (non-hydrogen) atoms. The molecule has 0 aromatic heterocycles. The fourth-order valence-electron chi connectivity index (χ4n) is 2.13. The maximum Gasteiger partial charge on any atom is 0.573 e. The largest absolute Gasteiger partial charge is 0.573 e. The number of nitrogens with zero attached hydrogens (tertiary/aromatic N) is 1. The number of ether oxygens (including phenoxy) is 1. The van der Waals surface area contributed by atoms with E-state index in [1.54, 1.807) is 0 Å². The molecule has 128 valence electrons. The Hall–Kier alpha value is -1.85. The van der Waals surface area contributed by atoms with Gasteiger partial charge in [-0.15, -0.1) is 13.2 Å². The molecule has 1 aromatic rings. The van der Waals surface area contributed by atoms with E-state index in [1.165, 1.54) is 0 Å². The minimum absolute atomic E-state index is 0.0518. The minimum atomic E-state index is -4.88. The predicted molar refractivity (Wildman–Crippen MR) is 71.3 cm³/mol. The number of aliphatic carboxylic acids is 1. The van der Waals surface area contributed by atoms with Gasteiger partial charge in [0, 0.05) is 19.6 Å². The van der Waals surface area contributed by atoms with Gasteiger partial charge in [0.2, 0.25) is 10.0 Å². The first-order chi connectivity index (χ1) is 10.6. The van der Waals surface area contributed by atoms with Crippen LogP contribution in [0, 0.1) is 0 Å². The number of carbonyl (C=O) groups is 1. The van der Waals surface area contributed by atoms with Crippen LogP contribution in [0.5, 0.6) is 5.75 Å². The van der Waals surface area contributed by atoms with Gasteiger partial charge < -0.3 is 15.2 Å². The Morgan fingerprint density at radius 2 is 1.91 bits per heavy atom. The first-order valence-corrected chi connectivity index (χ1v) is 7.86. The van der Waals surface area contributed by atoms with Crippen molar-refractivity contribution in [3.8, 4) is 5.75 Å². The smallest absolute Gasteiger partial charge is 0.480 e. The van der Waals surface area contributed by atoms with E-state index in [1.807, 2.05) is 0 Å². The summed E-state index contributed by atoms with van der Waals surface area (Å²) in [5.41, 5.74) is 0. The van der Waals surface area contributed by atoms with Crippen molar-refractivity contribution >= 4 is 16.0 Å². The van der Waals surface area contributed by atoms with Gasteiger partial charge in [-0.1, -0.05) is 0 Å². The van der Waals surface area contributed by atoms with E-state index in [9.17, 15) is 26.4 Å². The van der Waals surface area contributed by atoms with Crippen molar-refractivity contribution in [3.63, 3.8) is 0 Å². The zero-order chi connectivity index (χ0) is 17.3. The summed E-state index contributed by atoms with van der Waals surface area (Å²) in [5.74, 6) is -1.87. The lowest BCUT2D eigenvalue weighted by molar-refractivity contribution is -0.274. The summed E-state index contributed by atoms with van der Waals surface area (Å²) in [4.78, 5) is 10.9. The van der Waals surface area contributed by atoms with Crippen molar-refractivity contribution < 1.29 is 36.2 Å². The average Bonchev–Trinajstić information content (AvgIpc) is 2.46. The third kappa shape index (κ3) is 4.12. The molecule has 0 spiro atoms. The maximum absolute atomic E-state index is 12.5. The van der Waals surface area contributed by atoms with E-state index in [2.05, 4.69) is 10.1 Å². The molecule has 1 heterocycles. The molecule has 0 bridgehead atoms. The Balaban J connectivity index is 2.26. The Labute approximate surface area is 129 Å². The second-order valence-electron chi connectivity index (χ2n) is 4.69. The number of alkyl halides is 3. The topological polar surface area (TPSA) is 95.9 Å². The molecule has 0 saturated carbocycles. The second-order valence-corrected chi connectivity index (χ2v) is 6.58. The lowest BCUT2D eigenvalue weighted by Gasteiger charge is -2.32. The Bertz CT molecular complexity index is 675. The molecule has 0 radical (unpaired) electrons. The van der Waals surface area contributed by atoms with Crippen molar-refractivity contribution in [1.82, 2.24) is 9.62 Å². The van der Waals surface area contributed by atoms with Crippen LogP contribution in [0.1, 0.15) is 0 Å². The first-order valence-electron chi connectivity index (χ1n) is 6.42. The molecule has 11 heteroatoms. The van der Waals surface area contributed by atoms with Gasteiger partial charge in [-0.05, 0) is 24.3 Å². The molecular formula is C12H13F3N2O5S. The van der Waals surface area contributed by atoms with Gasteiger partial charge in [-0.25, -0.2) is 8.42 Å². The highest BCUT2D eigenvalue weighted by atomic mass is 32.2. The Morgan fingerprint density at radius 1 is 1.30 bits per heavy atom.